The van der Waals surface area contributed by atoms with Crippen molar-refractivity contribution < 1.29 is 8.42 Å². The van der Waals surface area contributed by atoms with E-state index >= 15 is 0 Å². The van der Waals surface area contributed by atoms with Crippen molar-refractivity contribution in [3.63, 3.8) is 0 Å². The molecular weight excluding hydrogens is 448 g/mol. The molecule has 0 aliphatic carbocycles. The molecule has 2 aromatic carbocycles. The van der Waals surface area contributed by atoms with E-state index in [4.69, 9.17) is 0 Å². The lowest BCUT2D eigenvalue weighted by Crippen LogP contribution is -2.51. The number of anilines is 1. The second-order valence-electron chi connectivity index (χ2n) is 8.20. The van der Waals surface area contributed by atoms with E-state index in [0.717, 1.165) is 31.5 Å². The van der Waals surface area contributed by atoms with Crippen LogP contribution in [0.5, 0.6) is 0 Å². The van der Waals surface area contributed by atoms with Crippen LogP contribution in [0.4, 0.5) is 5.95 Å². The van der Waals surface area contributed by atoms with Crippen LogP contribution in [0.1, 0.15) is 23.7 Å². The highest BCUT2D eigenvalue weighted by Crippen LogP contribution is 2.29. The van der Waals surface area contributed by atoms with Crippen LogP contribution in [-0.4, -0.2) is 60.6 Å². The number of nitrogens with zero attached hydrogens (tertiary/aromatic N) is 5. The van der Waals surface area contributed by atoms with Crippen LogP contribution < -0.4 is 10.3 Å². The van der Waals surface area contributed by atoms with E-state index in [1.807, 2.05) is 47.5 Å². The van der Waals surface area contributed by atoms with Gasteiger partial charge in [-0.25, -0.2) is 28.4 Å². The molecule has 0 bridgehead atoms. The highest BCUT2D eigenvalue weighted by atomic mass is 32.2. The minimum Gasteiger partial charge on any atom is -0.312 e. The molecule has 1 saturated heterocycles. The van der Waals surface area contributed by atoms with E-state index in [0.29, 0.717) is 23.9 Å². The standard InChI is InChI=1S/C25H30N6O2S/c1-2-15-31(25-28-19-26-20-29-25)30-16-13-22(14-17-30)27-18-24(21-9-5-3-6-10-21)34(32,33)23-11-7-4-8-12-23/h2-12,19-20,22,24,27H,1,13-18H2. The summed E-state index contributed by atoms with van der Waals surface area (Å²) in [5.74, 6) is 0.597. The van der Waals surface area contributed by atoms with Crippen LogP contribution >= 0.6 is 0 Å². The van der Waals surface area contributed by atoms with Crippen molar-refractivity contribution in [2.45, 2.75) is 29.0 Å². The molecule has 0 amide bonds. The number of nitrogens with one attached hydrogen (secondary N) is 1. The Morgan fingerprint density at radius 1 is 1.03 bits per heavy atom. The maximum absolute atomic E-state index is 13.5. The smallest absolute Gasteiger partial charge is 0.243 e. The number of hydrogen-bond acceptors (Lipinski definition) is 8. The quantitative estimate of drug-likeness (QED) is 0.445. The summed E-state index contributed by atoms with van der Waals surface area (Å²) < 4.78 is 27.0. The minimum absolute atomic E-state index is 0.220. The van der Waals surface area contributed by atoms with E-state index in [2.05, 4.69) is 31.9 Å². The maximum atomic E-state index is 13.5. The number of aromatic nitrogens is 3. The number of hydrazine groups is 1. The SMILES string of the molecule is C=CCN(c1ncncn1)N1CCC(NCC(c2ccccc2)S(=O)(=O)c2ccccc2)CC1. The van der Waals surface area contributed by atoms with Crippen molar-refractivity contribution in [2.75, 3.05) is 31.2 Å². The Kier molecular flexibility index (Phi) is 7.99. The first-order chi connectivity index (χ1) is 16.6. The molecule has 1 fully saturated rings. The number of piperidine rings is 1. The average molecular weight is 479 g/mol. The molecule has 9 heteroatoms. The molecule has 1 unspecified atom stereocenters. The molecule has 1 N–H and O–H groups in total. The molecule has 1 atom stereocenters. The predicted molar refractivity (Wildman–Crippen MR) is 133 cm³/mol. The Morgan fingerprint density at radius 2 is 1.65 bits per heavy atom. The van der Waals surface area contributed by atoms with E-state index in [1.54, 1.807) is 24.3 Å². The molecule has 0 radical (unpaired) electrons. The van der Waals surface area contributed by atoms with Gasteiger partial charge >= 0.3 is 0 Å². The third-order valence-electron chi connectivity index (χ3n) is 6.03. The Bertz CT molecular complexity index is 1140. The summed E-state index contributed by atoms with van der Waals surface area (Å²) in [5, 5.41) is 7.11. The summed E-state index contributed by atoms with van der Waals surface area (Å²) in [6, 6.07) is 18.4. The first-order valence-corrected chi connectivity index (χ1v) is 13.0. The van der Waals surface area contributed by atoms with Gasteiger partial charge in [-0.1, -0.05) is 54.6 Å². The maximum Gasteiger partial charge on any atom is 0.243 e. The van der Waals surface area contributed by atoms with Crippen LogP contribution in [0.2, 0.25) is 0 Å². The molecule has 3 aromatic rings. The van der Waals surface area contributed by atoms with E-state index in [1.165, 1.54) is 12.7 Å². The summed E-state index contributed by atoms with van der Waals surface area (Å²) in [4.78, 5) is 12.8. The zero-order valence-electron chi connectivity index (χ0n) is 19.1. The molecule has 178 valence electrons. The number of rotatable bonds is 10. The largest absolute Gasteiger partial charge is 0.312 e. The van der Waals surface area contributed by atoms with Gasteiger partial charge in [-0.3, -0.25) is 5.01 Å². The molecule has 0 spiro atoms. The highest BCUT2D eigenvalue weighted by Gasteiger charge is 2.31. The Morgan fingerprint density at radius 3 is 2.26 bits per heavy atom. The van der Waals surface area contributed by atoms with Crippen molar-refractivity contribution in [2.24, 2.45) is 0 Å². The van der Waals surface area contributed by atoms with Gasteiger partial charge in [0.05, 0.1) is 11.4 Å². The zero-order chi connectivity index (χ0) is 23.8. The molecule has 2 heterocycles. The lowest BCUT2D eigenvalue weighted by Gasteiger charge is -2.39. The molecule has 1 aromatic heterocycles. The van der Waals surface area contributed by atoms with Gasteiger partial charge in [0.2, 0.25) is 5.95 Å². The van der Waals surface area contributed by atoms with Crippen LogP contribution in [0.15, 0.2) is 90.9 Å². The Hall–Kier alpha value is -3.14. The Labute approximate surface area is 201 Å². The van der Waals surface area contributed by atoms with Gasteiger partial charge in [0.1, 0.15) is 17.9 Å². The molecule has 1 aliphatic rings. The van der Waals surface area contributed by atoms with Crippen LogP contribution in [0, 0.1) is 0 Å². The lowest BCUT2D eigenvalue weighted by molar-refractivity contribution is 0.182. The van der Waals surface area contributed by atoms with Crippen LogP contribution in [0.3, 0.4) is 0 Å². The van der Waals surface area contributed by atoms with E-state index in [-0.39, 0.29) is 6.04 Å². The van der Waals surface area contributed by atoms with Gasteiger partial charge < -0.3 is 5.32 Å². The van der Waals surface area contributed by atoms with Crippen molar-refractivity contribution in [1.82, 2.24) is 25.3 Å². The van der Waals surface area contributed by atoms with Gasteiger partial charge in [-0.15, -0.1) is 6.58 Å². The van der Waals surface area contributed by atoms with E-state index < -0.39 is 15.1 Å². The number of hydrogen-bond donors (Lipinski definition) is 1. The lowest BCUT2D eigenvalue weighted by atomic mass is 10.1. The molecule has 8 nitrogen and oxygen atoms in total. The Balaban J connectivity index is 1.43. The summed E-state index contributed by atoms with van der Waals surface area (Å²) in [6.45, 7) is 6.42. The highest BCUT2D eigenvalue weighted by molar-refractivity contribution is 7.91. The molecule has 4 rings (SSSR count). The van der Waals surface area contributed by atoms with E-state index in [9.17, 15) is 8.42 Å². The summed E-state index contributed by atoms with van der Waals surface area (Å²) in [5.41, 5.74) is 0.795. The zero-order valence-corrected chi connectivity index (χ0v) is 19.9. The molecule has 0 saturated carbocycles. The number of sulfone groups is 1. The topological polar surface area (TPSA) is 91.3 Å². The summed E-state index contributed by atoms with van der Waals surface area (Å²) >= 11 is 0. The summed E-state index contributed by atoms with van der Waals surface area (Å²) in [7, 11) is -3.54. The normalized spacial score (nSPS) is 16.1. The van der Waals surface area contributed by atoms with Gasteiger partial charge in [-0.2, -0.15) is 0 Å². The fourth-order valence-corrected chi connectivity index (χ4v) is 5.94. The fraction of sp³-hybridized carbons (Fsp3) is 0.320. The molecule has 34 heavy (non-hydrogen) atoms. The van der Waals surface area contributed by atoms with Crippen molar-refractivity contribution in [3.05, 3.63) is 91.5 Å². The van der Waals surface area contributed by atoms with Crippen molar-refractivity contribution in [1.29, 1.82) is 0 Å². The monoisotopic (exact) mass is 478 g/mol. The van der Waals surface area contributed by atoms with Gasteiger partial charge in [0, 0.05) is 25.7 Å². The predicted octanol–water partition coefficient (Wildman–Crippen LogP) is 3.05. The van der Waals surface area contributed by atoms with Crippen molar-refractivity contribution in [3.8, 4) is 0 Å². The third-order valence-corrected chi connectivity index (χ3v) is 8.15. The van der Waals surface area contributed by atoms with Gasteiger partial charge in [-0.05, 0) is 30.5 Å². The first kappa shape index (κ1) is 24.0. The minimum atomic E-state index is -3.54. The molecule has 1 aliphatic heterocycles. The number of benzene rings is 2. The summed E-state index contributed by atoms with van der Waals surface area (Å²) in [6.07, 6.45) is 6.57. The van der Waals surface area contributed by atoms with Gasteiger partial charge in [0.25, 0.3) is 0 Å². The molecular formula is C25H30N6O2S. The third kappa shape index (κ3) is 5.67. The fourth-order valence-electron chi connectivity index (χ4n) is 4.25. The van der Waals surface area contributed by atoms with Crippen LogP contribution in [-0.2, 0) is 9.84 Å². The average Bonchev–Trinajstić information content (AvgIpc) is 2.89. The van der Waals surface area contributed by atoms with Crippen molar-refractivity contribution >= 4 is 15.8 Å². The second-order valence-corrected chi connectivity index (χ2v) is 10.3. The second kappa shape index (κ2) is 11.3. The van der Waals surface area contributed by atoms with Gasteiger partial charge in [0.15, 0.2) is 9.84 Å². The van der Waals surface area contributed by atoms with Crippen LogP contribution in [0.25, 0.3) is 0 Å². The first-order valence-electron chi connectivity index (χ1n) is 11.4.